The molecule has 1 rings (SSSR count). The summed E-state index contributed by atoms with van der Waals surface area (Å²) in [6, 6.07) is 3.92. The number of nitrogens with one attached hydrogen (secondary N) is 2. The van der Waals surface area contributed by atoms with Crippen molar-refractivity contribution in [1.82, 2.24) is 5.32 Å². The number of anilines is 2. The number of aryl methyl sites for hydroxylation is 2. The molecule has 0 spiro atoms. The molecule has 1 aromatic rings. The van der Waals surface area contributed by atoms with Gasteiger partial charge in [-0.1, -0.05) is 13.8 Å². The van der Waals surface area contributed by atoms with Crippen molar-refractivity contribution >= 4 is 34.7 Å². The molecule has 1 aromatic carbocycles. The highest BCUT2D eigenvalue weighted by molar-refractivity contribution is 7.80. The number of thiocarbonyl (C=S) groups is 1. The lowest BCUT2D eigenvalue weighted by atomic mass is 10.0. The van der Waals surface area contributed by atoms with Gasteiger partial charge in [-0.3, -0.25) is 4.99 Å². The van der Waals surface area contributed by atoms with Crippen LogP contribution in [-0.4, -0.2) is 18.1 Å². The van der Waals surface area contributed by atoms with Gasteiger partial charge in [0.25, 0.3) is 0 Å². The van der Waals surface area contributed by atoms with Crippen LogP contribution >= 0.6 is 12.2 Å². The monoisotopic (exact) mass is 279 g/mol. The van der Waals surface area contributed by atoms with E-state index in [1.165, 1.54) is 0 Å². The van der Waals surface area contributed by atoms with E-state index in [-0.39, 0.29) is 5.96 Å². The maximum Gasteiger partial charge on any atom is 0.194 e. The van der Waals surface area contributed by atoms with Crippen LogP contribution in [0.3, 0.4) is 0 Å². The van der Waals surface area contributed by atoms with Gasteiger partial charge in [0.15, 0.2) is 11.1 Å². The van der Waals surface area contributed by atoms with E-state index in [1.54, 1.807) is 7.05 Å². The summed E-state index contributed by atoms with van der Waals surface area (Å²) in [4.78, 5) is 3.81. The van der Waals surface area contributed by atoms with Crippen molar-refractivity contribution in [3.8, 4) is 0 Å². The fraction of sp³-hybridized carbons (Fsp3) is 0.385. The predicted octanol–water partition coefficient (Wildman–Crippen LogP) is 1.62. The summed E-state index contributed by atoms with van der Waals surface area (Å²) in [5.41, 5.74) is 15.5. The van der Waals surface area contributed by atoms with Crippen LogP contribution in [0.15, 0.2) is 17.1 Å². The number of nitrogens with two attached hydrogens (primary N) is 2. The molecule has 0 aromatic heterocycles. The SMILES string of the molecule is CCc1cc(N)cc(CC)c1NC(=S)NC(N)=NC. The molecule has 0 bridgehead atoms. The number of hydrogen-bond donors (Lipinski definition) is 4. The van der Waals surface area contributed by atoms with Crippen molar-refractivity contribution < 1.29 is 0 Å². The summed E-state index contributed by atoms with van der Waals surface area (Å²) >= 11 is 5.21. The quantitative estimate of drug-likeness (QED) is 0.292. The Bertz CT molecular complexity index is 471. The molecule has 6 heteroatoms. The Morgan fingerprint density at radius 2 is 1.79 bits per heavy atom. The highest BCUT2D eigenvalue weighted by Crippen LogP contribution is 2.25. The van der Waals surface area contributed by atoms with Gasteiger partial charge >= 0.3 is 0 Å². The van der Waals surface area contributed by atoms with Crippen molar-refractivity contribution in [2.45, 2.75) is 26.7 Å². The molecule has 0 saturated carbocycles. The maximum absolute atomic E-state index is 5.90. The zero-order valence-corrected chi connectivity index (χ0v) is 12.4. The van der Waals surface area contributed by atoms with Gasteiger partial charge in [0.05, 0.1) is 0 Å². The smallest absolute Gasteiger partial charge is 0.194 e. The highest BCUT2D eigenvalue weighted by Gasteiger charge is 2.10. The Labute approximate surface area is 119 Å². The molecular formula is C13H21N5S. The molecule has 5 nitrogen and oxygen atoms in total. The fourth-order valence-corrected chi connectivity index (χ4v) is 2.04. The number of rotatable bonds is 3. The summed E-state index contributed by atoms with van der Waals surface area (Å²) in [5, 5.41) is 6.42. The Morgan fingerprint density at radius 1 is 1.26 bits per heavy atom. The van der Waals surface area contributed by atoms with E-state index in [4.69, 9.17) is 23.7 Å². The number of guanidine groups is 1. The highest BCUT2D eigenvalue weighted by atomic mass is 32.1. The number of benzene rings is 1. The maximum atomic E-state index is 5.90. The summed E-state index contributed by atoms with van der Waals surface area (Å²) < 4.78 is 0. The summed E-state index contributed by atoms with van der Waals surface area (Å²) in [6.07, 6.45) is 1.75. The molecule has 104 valence electrons. The number of nitrogens with zero attached hydrogens (tertiary/aromatic N) is 1. The number of nitrogen functional groups attached to an aromatic ring is 1. The zero-order valence-electron chi connectivity index (χ0n) is 11.6. The Balaban J connectivity index is 3.02. The minimum absolute atomic E-state index is 0.282. The summed E-state index contributed by atoms with van der Waals surface area (Å²) in [5.74, 6) is 0.282. The molecule has 0 fully saturated rings. The minimum Gasteiger partial charge on any atom is -0.399 e. The van der Waals surface area contributed by atoms with Crippen LogP contribution in [0.4, 0.5) is 11.4 Å². The molecule has 0 atom stereocenters. The molecule has 6 N–H and O–H groups in total. The van der Waals surface area contributed by atoms with E-state index < -0.39 is 0 Å². The van der Waals surface area contributed by atoms with Gasteiger partial charge in [-0.05, 0) is 48.3 Å². The first-order chi connectivity index (χ1) is 9.01. The van der Waals surface area contributed by atoms with Gasteiger partial charge in [-0.25, -0.2) is 0 Å². The molecule has 19 heavy (non-hydrogen) atoms. The molecule has 0 unspecified atom stereocenters. The van der Waals surface area contributed by atoms with Crippen LogP contribution in [0.2, 0.25) is 0 Å². The largest absolute Gasteiger partial charge is 0.399 e. The lowest BCUT2D eigenvalue weighted by molar-refractivity contribution is 1.09. The third-order valence-electron chi connectivity index (χ3n) is 2.81. The fourth-order valence-electron chi connectivity index (χ4n) is 1.83. The molecule has 0 amide bonds. The first-order valence-electron chi connectivity index (χ1n) is 6.23. The van der Waals surface area contributed by atoms with Gasteiger partial charge in [-0.2, -0.15) is 0 Å². The van der Waals surface area contributed by atoms with Crippen molar-refractivity contribution in [3.05, 3.63) is 23.3 Å². The molecule has 0 heterocycles. The average Bonchev–Trinajstić information content (AvgIpc) is 2.39. The lowest BCUT2D eigenvalue weighted by Crippen LogP contribution is -2.39. The van der Waals surface area contributed by atoms with Gasteiger partial charge in [-0.15, -0.1) is 0 Å². The van der Waals surface area contributed by atoms with Crippen LogP contribution in [-0.2, 0) is 12.8 Å². The van der Waals surface area contributed by atoms with E-state index in [0.29, 0.717) is 5.11 Å². The Kier molecular flexibility index (Phi) is 5.57. The van der Waals surface area contributed by atoms with E-state index in [1.807, 2.05) is 12.1 Å². The van der Waals surface area contributed by atoms with E-state index in [9.17, 15) is 0 Å². The third-order valence-corrected chi connectivity index (χ3v) is 3.01. The van der Waals surface area contributed by atoms with Crippen LogP contribution in [0.25, 0.3) is 0 Å². The second-order valence-electron chi connectivity index (χ2n) is 4.11. The van der Waals surface area contributed by atoms with Gasteiger partial charge in [0.1, 0.15) is 0 Å². The molecular weight excluding hydrogens is 258 g/mol. The average molecular weight is 279 g/mol. The third kappa shape index (κ3) is 4.10. The molecule has 0 aliphatic heterocycles. The molecule has 0 aliphatic rings. The topological polar surface area (TPSA) is 88.5 Å². The Hall–Kier alpha value is -1.82. The molecule has 0 aliphatic carbocycles. The lowest BCUT2D eigenvalue weighted by Gasteiger charge is -2.17. The summed E-state index contributed by atoms with van der Waals surface area (Å²) in [6.45, 7) is 4.16. The van der Waals surface area contributed by atoms with Gasteiger partial charge < -0.3 is 22.1 Å². The Morgan fingerprint density at radius 3 is 2.21 bits per heavy atom. The first kappa shape index (κ1) is 15.2. The second kappa shape index (κ2) is 6.94. The normalized spacial score (nSPS) is 11.2. The zero-order chi connectivity index (χ0) is 14.4. The van der Waals surface area contributed by atoms with E-state index in [2.05, 4.69) is 29.5 Å². The molecule has 0 saturated heterocycles. The van der Waals surface area contributed by atoms with Crippen molar-refractivity contribution in [2.24, 2.45) is 10.7 Å². The first-order valence-corrected chi connectivity index (χ1v) is 6.64. The van der Waals surface area contributed by atoms with Crippen molar-refractivity contribution in [1.29, 1.82) is 0 Å². The number of hydrogen-bond acceptors (Lipinski definition) is 3. The van der Waals surface area contributed by atoms with E-state index >= 15 is 0 Å². The van der Waals surface area contributed by atoms with Crippen LogP contribution < -0.4 is 22.1 Å². The predicted molar refractivity (Wildman–Crippen MR) is 86.5 cm³/mol. The van der Waals surface area contributed by atoms with Gasteiger partial charge in [0, 0.05) is 18.4 Å². The van der Waals surface area contributed by atoms with Crippen LogP contribution in [0.5, 0.6) is 0 Å². The van der Waals surface area contributed by atoms with Crippen LogP contribution in [0, 0.1) is 0 Å². The minimum atomic E-state index is 0.282. The van der Waals surface area contributed by atoms with E-state index in [0.717, 1.165) is 35.3 Å². The summed E-state index contributed by atoms with van der Waals surface area (Å²) in [7, 11) is 1.60. The second-order valence-corrected chi connectivity index (χ2v) is 4.52. The van der Waals surface area contributed by atoms with Gasteiger partial charge in [0.2, 0.25) is 0 Å². The van der Waals surface area contributed by atoms with Crippen molar-refractivity contribution in [3.63, 3.8) is 0 Å². The standard InChI is InChI=1S/C13H21N5S/c1-4-8-6-10(14)7-9(5-2)11(8)17-13(19)18-12(15)16-3/h6-7H,4-5,14H2,1-3H3,(H4,15,16,17,18,19). The molecule has 0 radical (unpaired) electrons. The van der Waals surface area contributed by atoms with Crippen molar-refractivity contribution in [2.75, 3.05) is 18.1 Å². The van der Waals surface area contributed by atoms with Crippen LogP contribution in [0.1, 0.15) is 25.0 Å². The number of aliphatic imine (C=N–C) groups is 1.